The zero-order chi connectivity index (χ0) is 14.5. The van der Waals surface area contributed by atoms with Gasteiger partial charge in [-0.05, 0) is 25.1 Å². The molecule has 2 aromatic rings. The number of nitrogens with two attached hydrogens (primary N) is 1. The zero-order valence-corrected chi connectivity index (χ0v) is 12.0. The number of benzene rings is 1. The van der Waals surface area contributed by atoms with Gasteiger partial charge in [-0.3, -0.25) is 0 Å². The van der Waals surface area contributed by atoms with Crippen LogP contribution in [0, 0.1) is 6.92 Å². The van der Waals surface area contributed by atoms with Crippen LogP contribution in [0.15, 0.2) is 36.4 Å². The van der Waals surface area contributed by atoms with Crippen molar-refractivity contribution in [3.63, 3.8) is 0 Å². The van der Waals surface area contributed by atoms with Crippen molar-refractivity contribution in [2.75, 3.05) is 19.2 Å². The van der Waals surface area contributed by atoms with Crippen LogP contribution in [0.4, 0.5) is 5.69 Å². The van der Waals surface area contributed by atoms with Crippen molar-refractivity contribution in [2.45, 2.75) is 13.5 Å². The molecule has 0 aliphatic rings. The van der Waals surface area contributed by atoms with E-state index in [4.69, 9.17) is 15.3 Å². The maximum atomic E-state index is 5.84. The van der Waals surface area contributed by atoms with Crippen LogP contribution in [-0.2, 0) is 6.61 Å². The van der Waals surface area contributed by atoms with Crippen LogP contribution in [0.5, 0.6) is 11.6 Å². The summed E-state index contributed by atoms with van der Waals surface area (Å²) in [6.07, 6.45) is 0. The first kappa shape index (κ1) is 14.1. The van der Waals surface area contributed by atoms with Crippen LogP contribution in [-0.4, -0.2) is 19.1 Å². The number of methoxy groups -OCH3 is 1. The SMILES string of the molecule is COc1cccc(N(C)N)c1COc1cccc(C)n1. The maximum absolute atomic E-state index is 5.84. The second-order valence-corrected chi connectivity index (χ2v) is 4.47. The first-order valence-electron chi connectivity index (χ1n) is 6.32. The van der Waals surface area contributed by atoms with Crippen LogP contribution < -0.4 is 20.3 Å². The van der Waals surface area contributed by atoms with Gasteiger partial charge in [0, 0.05) is 18.8 Å². The van der Waals surface area contributed by atoms with Gasteiger partial charge in [-0.1, -0.05) is 12.1 Å². The predicted octanol–water partition coefficient (Wildman–Crippen LogP) is 2.29. The Hall–Kier alpha value is -2.27. The largest absolute Gasteiger partial charge is 0.496 e. The molecule has 0 amide bonds. The molecule has 0 unspecified atom stereocenters. The number of pyridine rings is 1. The number of nitrogens with zero attached hydrogens (tertiary/aromatic N) is 2. The van der Waals surface area contributed by atoms with Crippen LogP contribution in [0.2, 0.25) is 0 Å². The Morgan fingerprint density at radius 1 is 1.20 bits per heavy atom. The Morgan fingerprint density at radius 3 is 2.60 bits per heavy atom. The molecule has 0 aliphatic carbocycles. The summed E-state index contributed by atoms with van der Waals surface area (Å²) in [4.78, 5) is 4.31. The molecule has 0 radical (unpaired) electrons. The standard InChI is InChI=1S/C15H19N3O2/c1-11-6-4-9-15(17-11)20-10-12-13(18(2)16)7-5-8-14(12)19-3/h4-9H,10,16H2,1-3H3. The van der Waals surface area contributed by atoms with Crippen molar-refractivity contribution < 1.29 is 9.47 Å². The topological polar surface area (TPSA) is 60.6 Å². The molecule has 0 aliphatic heterocycles. The Kier molecular flexibility index (Phi) is 4.42. The van der Waals surface area contributed by atoms with Crippen molar-refractivity contribution in [3.8, 4) is 11.6 Å². The first-order chi connectivity index (χ1) is 9.61. The van der Waals surface area contributed by atoms with Crippen molar-refractivity contribution in [2.24, 2.45) is 5.84 Å². The number of ether oxygens (including phenoxy) is 2. The lowest BCUT2D eigenvalue weighted by Gasteiger charge is -2.19. The van der Waals surface area contributed by atoms with Crippen LogP contribution in [0.3, 0.4) is 0 Å². The third-order valence-corrected chi connectivity index (χ3v) is 2.94. The van der Waals surface area contributed by atoms with E-state index in [1.807, 2.05) is 43.3 Å². The van der Waals surface area contributed by atoms with E-state index in [1.54, 1.807) is 19.2 Å². The lowest BCUT2D eigenvalue weighted by atomic mass is 10.1. The number of rotatable bonds is 5. The summed E-state index contributed by atoms with van der Waals surface area (Å²) in [6.45, 7) is 2.27. The molecule has 1 aromatic heterocycles. The van der Waals surface area contributed by atoms with Crippen LogP contribution in [0.1, 0.15) is 11.3 Å². The molecule has 0 atom stereocenters. The molecule has 20 heavy (non-hydrogen) atoms. The average molecular weight is 273 g/mol. The lowest BCUT2D eigenvalue weighted by Crippen LogP contribution is -2.26. The average Bonchev–Trinajstić information content (AvgIpc) is 2.44. The van der Waals surface area contributed by atoms with E-state index in [1.165, 1.54) is 0 Å². The molecule has 1 heterocycles. The minimum Gasteiger partial charge on any atom is -0.496 e. The second kappa shape index (κ2) is 6.25. The van der Waals surface area contributed by atoms with E-state index >= 15 is 0 Å². The molecule has 0 fully saturated rings. The number of hydrogen-bond donors (Lipinski definition) is 1. The zero-order valence-electron chi connectivity index (χ0n) is 12.0. The summed E-state index contributed by atoms with van der Waals surface area (Å²) in [7, 11) is 3.41. The van der Waals surface area contributed by atoms with Gasteiger partial charge < -0.3 is 14.5 Å². The van der Waals surface area contributed by atoms with Crippen molar-refractivity contribution in [3.05, 3.63) is 47.7 Å². The van der Waals surface area contributed by atoms with Gasteiger partial charge in [0.15, 0.2) is 0 Å². The Morgan fingerprint density at radius 2 is 1.95 bits per heavy atom. The monoisotopic (exact) mass is 273 g/mol. The molecular formula is C15H19N3O2. The van der Waals surface area contributed by atoms with Gasteiger partial charge in [0.1, 0.15) is 12.4 Å². The van der Waals surface area contributed by atoms with Gasteiger partial charge in [-0.25, -0.2) is 10.8 Å². The third kappa shape index (κ3) is 3.19. The van der Waals surface area contributed by atoms with Crippen molar-refractivity contribution in [1.29, 1.82) is 0 Å². The molecule has 0 bridgehead atoms. The highest BCUT2D eigenvalue weighted by Crippen LogP contribution is 2.28. The fourth-order valence-electron chi connectivity index (χ4n) is 1.97. The summed E-state index contributed by atoms with van der Waals surface area (Å²) in [6, 6.07) is 11.4. The molecule has 5 nitrogen and oxygen atoms in total. The Bertz CT molecular complexity index is 585. The highest BCUT2D eigenvalue weighted by molar-refractivity contribution is 5.58. The highest BCUT2D eigenvalue weighted by atomic mass is 16.5. The number of aryl methyl sites for hydroxylation is 1. The summed E-state index contributed by atoms with van der Waals surface area (Å²) in [5, 5.41) is 1.55. The minimum atomic E-state index is 0.345. The van der Waals surface area contributed by atoms with Gasteiger partial charge in [0.2, 0.25) is 5.88 Å². The summed E-state index contributed by atoms with van der Waals surface area (Å²) in [5.41, 5.74) is 2.67. The van der Waals surface area contributed by atoms with Gasteiger partial charge in [-0.2, -0.15) is 0 Å². The number of aromatic nitrogens is 1. The van der Waals surface area contributed by atoms with E-state index in [2.05, 4.69) is 4.98 Å². The van der Waals surface area contributed by atoms with Crippen molar-refractivity contribution in [1.82, 2.24) is 4.98 Å². The van der Waals surface area contributed by atoms with Crippen LogP contribution >= 0.6 is 0 Å². The maximum Gasteiger partial charge on any atom is 0.213 e. The molecule has 0 spiro atoms. The second-order valence-electron chi connectivity index (χ2n) is 4.47. The van der Waals surface area contributed by atoms with Gasteiger partial charge in [0.05, 0.1) is 18.4 Å². The van der Waals surface area contributed by atoms with Gasteiger partial charge in [0.25, 0.3) is 0 Å². The van der Waals surface area contributed by atoms with Gasteiger partial charge >= 0.3 is 0 Å². The molecule has 5 heteroatoms. The molecule has 2 N–H and O–H groups in total. The number of anilines is 1. The Labute approximate surface area is 118 Å². The molecule has 106 valence electrons. The van der Waals surface area contributed by atoms with E-state index in [9.17, 15) is 0 Å². The smallest absolute Gasteiger partial charge is 0.213 e. The molecule has 2 rings (SSSR count). The summed E-state index contributed by atoms with van der Waals surface area (Å²) < 4.78 is 11.1. The van der Waals surface area contributed by atoms with E-state index < -0.39 is 0 Å². The van der Waals surface area contributed by atoms with Crippen molar-refractivity contribution >= 4 is 5.69 Å². The fraction of sp³-hybridized carbons (Fsp3) is 0.267. The molecule has 0 saturated heterocycles. The summed E-state index contributed by atoms with van der Waals surface area (Å²) >= 11 is 0. The minimum absolute atomic E-state index is 0.345. The molecule has 0 saturated carbocycles. The fourth-order valence-corrected chi connectivity index (χ4v) is 1.97. The normalized spacial score (nSPS) is 10.2. The van der Waals surface area contributed by atoms with Crippen LogP contribution in [0.25, 0.3) is 0 Å². The van der Waals surface area contributed by atoms with Gasteiger partial charge in [-0.15, -0.1) is 0 Å². The lowest BCUT2D eigenvalue weighted by molar-refractivity contribution is 0.285. The first-order valence-corrected chi connectivity index (χ1v) is 6.32. The van der Waals surface area contributed by atoms with E-state index in [0.717, 1.165) is 22.7 Å². The molecule has 1 aromatic carbocycles. The Balaban J connectivity index is 2.24. The quantitative estimate of drug-likeness (QED) is 0.669. The predicted molar refractivity (Wildman–Crippen MR) is 78.9 cm³/mol. The van der Waals surface area contributed by atoms with E-state index in [-0.39, 0.29) is 0 Å². The summed E-state index contributed by atoms with van der Waals surface area (Å²) in [5.74, 6) is 7.17. The number of hydrazine groups is 1. The molecular weight excluding hydrogens is 254 g/mol. The highest BCUT2D eigenvalue weighted by Gasteiger charge is 2.12. The number of hydrogen-bond acceptors (Lipinski definition) is 5. The third-order valence-electron chi connectivity index (χ3n) is 2.94. The van der Waals surface area contributed by atoms with E-state index in [0.29, 0.717) is 12.5 Å².